The van der Waals surface area contributed by atoms with E-state index in [1.807, 2.05) is 31.4 Å². The number of hydrogen-bond donors (Lipinski definition) is 0. The molecule has 0 bridgehead atoms. The number of nitrogens with zero attached hydrogens (tertiary/aromatic N) is 4. The Bertz CT molecular complexity index is 1140. The first-order valence-electron chi connectivity index (χ1n) is 12.1. The molecule has 0 N–H and O–H groups in total. The number of anilines is 2. The summed E-state index contributed by atoms with van der Waals surface area (Å²) in [6.45, 7) is 4.21. The minimum atomic E-state index is -0.314. The lowest BCUT2D eigenvalue weighted by atomic mass is 9.93. The molecule has 1 fully saturated rings. The van der Waals surface area contributed by atoms with Crippen LogP contribution in [0, 0.1) is 5.82 Å². The lowest BCUT2D eigenvalue weighted by molar-refractivity contribution is -0.124. The van der Waals surface area contributed by atoms with Crippen molar-refractivity contribution < 1.29 is 9.18 Å². The standard InChI is InChI=1S/C28H31FN4O/c1-3-32(24-13-14-24)27-15-8-20(17-30-27)18-33(25-11-9-23(29)10-12-25)28(34)26-16-21-6-4-5-7-22(21)19-31(26)2/h4-12,15,17,24,26H,3,13-14,16,18-19H2,1-2H3. The number of fused-ring (bicyclic) bond motifs is 1. The Hall–Kier alpha value is -3.25. The van der Waals surface area contributed by atoms with E-state index in [2.05, 4.69) is 34.9 Å². The molecule has 2 aromatic carbocycles. The highest BCUT2D eigenvalue weighted by Gasteiger charge is 2.33. The van der Waals surface area contributed by atoms with Crippen LogP contribution in [0.4, 0.5) is 15.9 Å². The molecule has 1 amide bonds. The van der Waals surface area contributed by atoms with E-state index < -0.39 is 0 Å². The third kappa shape index (κ3) is 4.68. The maximum Gasteiger partial charge on any atom is 0.244 e. The first-order valence-corrected chi connectivity index (χ1v) is 12.1. The number of pyridine rings is 1. The van der Waals surface area contributed by atoms with Crippen molar-refractivity contribution in [3.63, 3.8) is 0 Å². The Morgan fingerprint density at radius 1 is 1.06 bits per heavy atom. The van der Waals surface area contributed by atoms with Gasteiger partial charge in [0.15, 0.2) is 0 Å². The highest BCUT2D eigenvalue weighted by molar-refractivity contribution is 5.97. The number of carbonyl (C=O) groups excluding carboxylic acids is 1. The number of rotatable bonds is 7. The molecule has 5 rings (SSSR count). The number of hydrogen-bond acceptors (Lipinski definition) is 4. The summed E-state index contributed by atoms with van der Waals surface area (Å²) in [5.74, 6) is 0.684. The van der Waals surface area contributed by atoms with Crippen LogP contribution in [0.2, 0.25) is 0 Å². The summed E-state index contributed by atoms with van der Waals surface area (Å²) >= 11 is 0. The molecule has 2 heterocycles. The molecule has 1 atom stereocenters. The summed E-state index contributed by atoms with van der Waals surface area (Å²) in [7, 11) is 1.99. The molecule has 6 heteroatoms. The van der Waals surface area contributed by atoms with Gasteiger partial charge in [-0.15, -0.1) is 0 Å². The van der Waals surface area contributed by atoms with Crippen LogP contribution < -0.4 is 9.80 Å². The van der Waals surface area contributed by atoms with Crippen molar-refractivity contribution in [3.8, 4) is 0 Å². The van der Waals surface area contributed by atoms with Gasteiger partial charge in [-0.2, -0.15) is 0 Å². The van der Waals surface area contributed by atoms with Crippen LogP contribution in [0.15, 0.2) is 66.9 Å². The van der Waals surface area contributed by atoms with E-state index in [0.29, 0.717) is 24.7 Å². The number of aromatic nitrogens is 1. The SMILES string of the molecule is CCN(c1ccc(CN(C(=O)C2Cc3ccccc3CN2C)c2ccc(F)cc2)cn1)C1CC1. The number of benzene rings is 2. The van der Waals surface area contributed by atoms with Crippen LogP contribution >= 0.6 is 0 Å². The van der Waals surface area contributed by atoms with Gasteiger partial charge in [0, 0.05) is 31.0 Å². The molecule has 0 saturated heterocycles. The van der Waals surface area contributed by atoms with Crippen LogP contribution in [0.1, 0.15) is 36.5 Å². The van der Waals surface area contributed by atoms with Gasteiger partial charge in [0.2, 0.25) is 5.91 Å². The Balaban J connectivity index is 1.41. The quantitative estimate of drug-likeness (QED) is 0.510. The highest BCUT2D eigenvalue weighted by Crippen LogP contribution is 2.31. The van der Waals surface area contributed by atoms with Crippen molar-refractivity contribution >= 4 is 17.4 Å². The first kappa shape index (κ1) is 22.5. The topological polar surface area (TPSA) is 39.7 Å². The Kier molecular flexibility index (Phi) is 6.33. The normalized spacial score (nSPS) is 17.8. The van der Waals surface area contributed by atoms with Crippen LogP contribution in [-0.4, -0.2) is 41.5 Å². The molecule has 1 aliphatic carbocycles. The van der Waals surface area contributed by atoms with Crippen molar-refractivity contribution in [1.29, 1.82) is 0 Å². The van der Waals surface area contributed by atoms with E-state index in [1.54, 1.807) is 17.0 Å². The van der Waals surface area contributed by atoms with E-state index in [9.17, 15) is 9.18 Å². The average Bonchev–Trinajstić information content (AvgIpc) is 3.69. The van der Waals surface area contributed by atoms with Gasteiger partial charge in [-0.1, -0.05) is 30.3 Å². The summed E-state index contributed by atoms with van der Waals surface area (Å²) in [5.41, 5.74) is 4.12. The van der Waals surface area contributed by atoms with Gasteiger partial charge >= 0.3 is 0 Å². The monoisotopic (exact) mass is 458 g/mol. The van der Waals surface area contributed by atoms with Crippen LogP contribution in [0.5, 0.6) is 0 Å². The van der Waals surface area contributed by atoms with Crippen molar-refractivity contribution in [2.45, 2.75) is 51.4 Å². The second kappa shape index (κ2) is 9.55. The van der Waals surface area contributed by atoms with Crippen LogP contribution in [-0.2, 0) is 24.3 Å². The minimum Gasteiger partial charge on any atom is -0.354 e. The molecule has 1 unspecified atom stereocenters. The Morgan fingerprint density at radius 2 is 1.79 bits per heavy atom. The average molecular weight is 459 g/mol. The fourth-order valence-corrected chi connectivity index (χ4v) is 4.88. The van der Waals surface area contributed by atoms with Crippen molar-refractivity contribution in [3.05, 3.63) is 89.4 Å². The first-order chi connectivity index (χ1) is 16.5. The predicted molar refractivity (Wildman–Crippen MR) is 133 cm³/mol. The molecule has 1 aliphatic heterocycles. The zero-order valence-corrected chi connectivity index (χ0v) is 19.8. The largest absolute Gasteiger partial charge is 0.354 e. The highest BCUT2D eigenvalue weighted by atomic mass is 19.1. The second-order valence-corrected chi connectivity index (χ2v) is 9.35. The van der Waals surface area contributed by atoms with Gasteiger partial charge in [0.05, 0.1) is 12.6 Å². The zero-order chi connectivity index (χ0) is 23.7. The zero-order valence-electron chi connectivity index (χ0n) is 19.8. The molecule has 34 heavy (non-hydrogen) atoms. The number of likely N-dealkylation sites (N-methyl/N-ethyl adjacent to an activating group) is 1. The van der Waals surface area contributed by atoms with Gasteiger partial charge in [-0.25, -0.2) is 9.37 Å². The molecular formula is C28H31FN4O. The predicted octanol–water partition coefficient (Wildman–Crippen LogP) is 4.80. The van der Waals surface area contributed by atoms with Crippen LogP contribution in [0.3, 0.4) is 0 Å². The number of amides is 1. The lowest BCUT2D eigenvalue weighted by Crippen LogP contribution is -2.50. The van der Waals surface area contributed by atoms with E-state index in [-0.39, 0.29) is 17.8 Å². The van der Waals surface area contributed by atoms with Gasteiger partial charge < -0.3 is 9.80 Å². The molecular weight excluding hydrogens is 427 g/mol. The summed E-state index contributed by atoms with van der Waals surface area (Å²) in [6, 6.07) is 18.9. The Labute approximate surface area is 200 Å². The maximum absolute atomic E-state index is 13.9. The fourth-order valence-electron chi connectivity index (χ4n) is 4.88. The summed E-state index contributed by atoms with van der Waals surface area (Å²) in [5, 5.41) is 0. The smallest absolute Gasteiger partial charge is 0.244 e. The summed E-state index contributed by atoms with van der Waals surface area (Å²) in [4.78, 5) is 24.8. The molecule has 2 aliphatic rings. The van der Waals surface area contributed by atoms with E-state index >= 15 is 0 Å². The third-order valence-corrected chi connectivity index (χ3v) is 6.95. The van der Waals surface area contributed by atoms with Gasteiger partial charge in [0.1, 0.15) is 11.6 Å². The molecule has 5 nitrogen and oxygen atoms in total. The van der Waals surface area contributed by atoms with E-state index in [0.717, 1.165) is 24.5 Å². The van der Waals surface area contributed by atoms with Gasteiger partial charge in [-0.3, -0.25) is 9.69 Å². The summed E-state index contributed by atoms with van der Waals surface area (Å²) in [6.07, 6.45) is 4.97. The summed E-state index contributed by atoms with van der Waals surface area (Å²) < 4.78 is 13.7. The number of carbonyl (C=O) groups is 1. The van der Waals surface area contributed by atoms with Gasteiger partial charge in [0.25, 0.3) is 0 Å². The molecule has 1 saturated carbocycles. The van der Waals surface area contributed by atoms with Crippen molar-refractivity contribution in [1.82, 2.24) is 9.88 Å². The van der Waals surface area contributed by atoms with E-state index in [4.69, 9.17) is 4.98 Å². The fraction of sp³-hybridized carbons (Fsp3) is 0.357. The molecule has 1 aromatic heterocycles. The second-order valence-electron chi connectivity index (χ2n) is 9.35. The minimum absolute atomic E-state index is 0.0147. The van der Waals surface area contributed by atoms with Gasteiger partial charge in [-0.05, 0) is 80.3 Å². The molecule has 0 radical (unpaired) electrons. The number of halogens is 1. The van der Waals surface area contributed by atoms with Crippen LogP contribution in [0.25, 0.3) is 0 Å². The van der Waals surface area contributed by atoms with Crippen molar-refractivity contribution in [2.75, 3.05) is 23.4 Å². The third-order valence-electron chi connectivity index (χ3n) is 6.95. The molecule has 176 valence electrons. The Morgan fingerprint density at radius 3 is 2.44 bits per heavy atom. The molecule has 3 aromatic rings. The maximum atomic E-state index is 13.9. The van der Waals surface area contributed by atoms with Crippen molar-refractivity contribution in [2.24, 2.45) is 0 Å². The lowest BCUT2D eigenvalue weighted by Gasteiger charge is -2.36. The molecule has 0 spiro atoms. The van der Waals surface area contributed by atoms with E-state index in [1.165, 1.54) is 36.1 Å².